The molecule has 0 amide bonds. The summed E-state index contributed by atoms with van der Waals surface area (Å²) in [6, 6.07) is 10.7. The van der Waals surface area contributed by atoms with E-state index in [1.807, 2.05) is 0 Å². The van der Waals surface area contributed by atoms with Gasteiger partial charge in [0.05, 0.1) is 0 Å². The molecule has 20 heavy (non-hydrogen) atoms. The lowest BCUT2D eigenvalue weighted by Gasteiger charge is -2.40. The first-order valence-electron chi connectivity index (χ1n) is 7.88. The molecule has 0 radical (unpaired) electrons. The number of nitrogens with two attached hydrogens (primary N) is 1. The van der Waals surface area contributed by atoms with E-state index in [1.54, 1.807) is 0 Å². The van der Waals surface area contributed by atoms with E-state index in [-0.39, 0.29) is 5.41 Å². The Kier molecular flexibility index (Phi) is 5.58. The molecule has 1 saturated heterocycles. The van der Waals surface area contributed by atoms with E-state index in [2.05, 4.69) is 54.0 Å². The van der Waals surface area contributed by atoms with Gasteiger partial charge in [-0.05, 0) is 18.5 Å². The number of hydrogen-bond acceptors (Lipinski definition) is 3. The van der Waals surface area contributed by atoms with Crippen molar-refractivity contribution < 1.29 is 0 Å². The van der Waals surface area contributed by atoms with Crippen LogP contribution in [0.15, 0.2) is 30.3 Å². The summed E-state index contributed by atoms with van der Waals surface area (Å²) in [5.74, 6) is 0. The summed E-state index contributed by atoms with van der Waals surface area (Å²) in [5, 5.41) is 0. The average molecular weight is 275 g/mol. The zero-order valence-electron chi connectivity index (χ0n) is 13.0. The second-order valence-corrected chi connectivity index (χ2v) is 6.25. The summed E-state index contributed by atoms with van der Waals surface area (Å²) in [6.45, 7) is 12.3. The second-order valence-electron chi connectivity index (χ2n) is 6.25. The summed E-state index contributed by atoms with van der Waals surface area (Å²) < 4.78 is 0. The zero-order chi connectivity index (χ0) is 14.4. The monoisotopic (exact) mass is 275 g/mol. The highest BCUT2D eigenvalue weighted by Gasteiger charge is 2.29. The van der Waals surface area contributed by atoms with E-state index in [4.69, 9.17) is 5.73 Å². The van der Waals surface area contributed by atoms with Gasteiger partial charge in [0.25, 0.3) is 0 Å². The highest BCUT2D eigenvalue weighted by atomic mass is 15.3. The van der Waals surface area contributed by atoms with Crippen LogP contribution in [0.5, 0.6) is 0 Å². The third-order valence-electron chi connectivity index (χ3n) is 4.50. The van der Waals surface area contributed by atoms with E-state index in [0.717, 1.165) is 6.54 Å². The van der Waals surface area contributed by atoms with E-state index in [1.165, 1.54) is 44.7 Å². The van der Waals surface area contributed by atoms with E-state index in [0.29, 0.717) is 6.54 Å². The van der Waals surface area contributed by atoms with Gasteiger partial charge in [-0.2, -0.15) is 0 Å². The van der Waals surface area contributed by atoms with Crippen molar-refractivity contribution in [3.63, 3.8) is 0 Å². The van der Waals surface area contributed by atoms with Gasteiger partial charge in [0.2, 0.25) is 0 Å². The lowest BCUT2D eigenvalue weighted by Crippen LogP contribution is -2.52. The molecule has 0 aromatic heterocycles. The summed E-state index contributed by atoms with van der Waals surface area (Å²) >= 11 is 0. The Bertz CT molecular complexity index is 384. The van der Waals surface area contributed by atoms with Crippen molar-refractivity contribution in [1.82, 2.24) is 9.80 Å². The van der Waals surface area contributed by atoms with Gasteiger partial charge in [0.1, 0.15) is 0 Å². The van der Waals surface area contributed by atoms with Gasteiger partial charge in [-0.3, -0.25) is 4.90 Å². The van der Waals surface area contributed by atoms with Crippen LogP contribution in [0.3, 0.4) is 0 Å². The number of benzene rings is 1. The molecule has 1 aliphatic heterocycles. The molecule has 2 rings (SSSR count). The normalized spacial score (nSPS) is 20.8. The average Bonchev–Trinajstić information content (AvgIpc) is 2.50. The van der Waals surface area contributed by atoms with Gasteiger partial charge >= 0.3 is 0 Å². The molecule has 2 N–H and O–H groups in total. The van der Waals surface area contributed by atoms with Crippen molar-refractivity contribution in [2.24, 2.45) is 5.73 Å². The molecular formula is C17H29N3. The Morgan fingerprint density at radius 2 is 1.65 bits per heavy atom. The predicted molar refractivity (Wildman–Crippen MR) is 86.0 cm³/mol. The lowest BCUT2D eigenvalue weighted by molar-refractivity contribution is 0.113. The molecule has 1 fully saturated rings. The van der Waals surface area contributed by atoms with E-state index < -0.39 is 0 Å². The quantitative estimate of drug-likeness (QED) is 0.861. The molecule has 1 aliphatic rings. The number of piperazine rings is 1. The van der Waals surface area contributed by atoms with Crippen molar-refractivity contribution in [3.05, 3.63) is 35.9 Å². The van der Waals surface area contributed by atoms with Crippen LogP contribution in [-0.4, -0.2) is 55.6 Å². The molecule has 1 aromatic carbocycles. The standard InChI is InChI=1S/C17H29N3/c1-3-9-19-10-12-20(13-11-19)15-17(2,14-18)16-7-5-4-6-8-16/h4-8H,3,9-15,18H2,1-2H3. The third kappa shape index (κ3) is 3.81. The first-order valence-corrected chi connectivity index (χ1v) is 7.88. The van der Waals surface area contributed by atoms with Gasteiger partial charge < -0.3 is 10.6 Å². The van der Waals surface area contributed by atoms with E-state index >= 15 is 0 Å². The number of rotatable bonds is 6. The highest BCUT2D eigenvalue weighted by molar-refractivity contribution is 5.25. The Morgan fingerprint density at radius 1 is 1.05 bits per heavy atom. The molecule has 1 aromatic rings. The minimum absolute atomic E-state index is 0.0637. The summed E-state index contributed by atoms with van der Waals surface area (Å²) in [5.41, 5.74) is 7.52. The predicted octanol–water partition coefficient (Wildman–Crippen LogP) is 1.93. The highest BCUT2D eigenvalue weighted by Crippen LogP contribution is 2.24. The van der Waals surface area contributed by atoms with Crippen LogP contribution in [0.2, 0.25) is 0 Å². The van der Waals surface area contributed by atoms with Gasteiger partial charge in [-0.25, -0.2) is 0 Å². The van der Waals surface area contributed by atoms with Crippen LogP contribution in [0.25, 0.3) is 0 Å². The summed E-state index contributed by atoms with van der Waals surface area (Å²) in [6.07, 6.45) is 1.25. The summed E-state index contributed by atoms with van der Waals surface area (Å²) in [7, 11) is 0. The molecule has 0 saturated carbocycles. The molecule has 1 atom stereocenters. The zero-order valence-corrected chi connectivity index (χ0v) is 13.0. The molecule has 0 bridgehead atoms. The lowest BCUT2D eigenvalue weighted by atomic mass is 9.82. The molecule has 1 unspecified atom stereocenters. The van der Waals surface area contributed by atoms with Crippen LogP contribution in [0, 0.1) is 0 Å². The van der Waals surface area contributed by atoms with Gasteiger partial charge in [-0.15, -0.1) is 0 Å². The van der Waals surface area contributed by atoms with E-state index in [9.17, 15) is 0 Å². The largest absolute Gasteiger partial charge is 0.330 e. The van der Waals surface area contributed by atoms with Crippen LogP contribution in [0.1, 0.15) is 25.8 Å². The smallest absolute Gasteiger partial charge is 0.0174 e. The third-order valence-corrected chi connectivity index (χ3v) is 4.50. The fraction of sp³-hybridized carbons (Fsp3) is 0.647. The molecule has 3 heteroatoms. The number of nitrogens with zero attached hydrogens (tertiary/aromatic N) is 2. The van der Waals surface area contributed by atoms with Gasteiger partial charge in [0, 0.05) is 44.7 Å². The number of hydrogen-bond donors (Lipinski definition) is 1. The topological polar surface area (TPSA) is 32.5 Å². The Hall–Kier alpha value is -0.900. The SMILES string of the molecule is CCCN1CCN(CC(C)(CN)c2ccccc2)CC1. The van der Waals surface area contributed by atoms with Crippen molar-refractivity contribution in [3.8, 4) is 0 Å². The molecule has 112 valence electrons. The maximum Gasteiger partial charge on any atom is 0.0174 e. The maximum absolute atomic E-state index is 6.09. The molecule has 3 nitrogen and oxygen atoms in total. The molecule has 0 aliphatic carbocycles. The minimum atomic E-state index is 0.0637. The van der Waals surface area contributed by atoms with Crippen molar-refractivity contribution in [2.75, 3.05) is 45.8 Å². The van der Waals surface area contributed by atoms with Crippen LogP contribution in [-0.2, 0) is 5.41 Å². The van der Waals surface area contributed by atoms with Gasteiger partial charge in [-0.1, -0.05) is 44.2 Å². The van der Waals surface area contributed by atoms with Crippen molar-refractivity contribution in [2.45, 2.75) is 25.7 Å². The van der Waals surface area contributed by atoms with Crippen molar-refractivity contribution >= 4 is 0 Å². The molecule has 1 heterocycles. The Balaban J connectivity index is 1.94. The van der Waals surface area contributed by atoms with Crippen LogP contribution in [0.4, 0.5) is 0 Å². The molecular weight excluding hydrogens is 246 g/mol. The van der Waals surface area contributed by atoms with Crippen LogP contribution < -0.4 is 5.73 Å². The fourth-order valence-corrected chi connectivity index (χ4v) is 3.09. The Morgan fingerprint density at radius 3 is 2.20 bits per heavy atom. The first-order chi connectivity index (χ1) is 9.68. The second kappa shape index (κ2) is 7.21. The van der Waals surface area contributed by atoms with Gasteiger partial charge in [0.15, 0.2) is 0 Å². The Labute approximate surface area is 123 Å². The van der Waals surface area contributed by atoms with Crippen LogP contribution >= 0.6 is 0 Å². The maximum atomic E-state index is 6.09. The molecule has 0 spiro atoms. The summed E-state index contributed by atoms with van der Waals surface area (Å²) in [4.78, 5) is 5.14. The fourth-order valence-electron chi connectivity index (χ4n) is 3.09. The van der Waals surface area contributed by atoms with Crippen molar-refractivity contribution in [1.29, 1.82) is 0 Å². The minimum Gasteiger partial charge on any atom is -0.330 e. The first kappa shape index (κ1) is 15.5.